The molecule has 0 unspecified atom stereocenters. The molecule has 3 aromatic heterocycles. The SMILES string of the molecule is Cn1cc(NC(=O)c2coc(-c3ccnc(NCC(F)(F)F)c3)n2)c(-c2cccc(N)c2)n1. The highest BCUT2D eigenvalue weighted by atomic mass is 19.4. The zero-order chi connectivity index (χ0) is 23.6. The predicted molar refractivity (Wildman–Crippen MR) is 115 cm³/mol. The van der Waals surface area contributed by atoms with E-state index >= 15 is 0 Å². The van der Waals surface area contributed by atoms with Gasteiger partial charge in [0.05, 0.1) is 5.69 Å². The predicted octanol–water partition coefficient (Wildman–Crippen LogP) is 3.95. The van der Waals surface area contributed by atoms with E-state index in [0.29, 0.717) is 22.6 Å². The van der Waals surface area contributed by atoms with Crippen LogP contribution in [-0.2, 0) is 7.05 Å². The number of aryl methyl sites for hydroxylation is 1. The highest BCUT2D eigenvalue weighted by Gasteiger charge is 2.27. The van der Waals surface area contributed by atoms with E-state index in [1.165, 1.54) is 18.3 Å². The maximum atomic E-state index is 12.8. The second kappa shape index (κ2) is 8.65. The summed E-state index contributed by atoms with van der Waals surface area (Å²) >= 11 is 0. The van der Waals surface area contributed by atoms with Gasteiger partial charge in [0, 0.05) is 36.3 Å². The molecule has 1 aromatic carbocycles. The minimum atomic E-state index is -4.39. The molecule has 12 heteroatoms. The molecule has 4 N–H and O–H groups in total. The van der Waals surface area contributed by atoms with Crippen molar-refractivity contribution in [3.05, 3.63) is 60.7 Å². The van der Waals surface area contributed by atoms with E-state index < -0.39 is 18.6 Å². The van der Waals surface area contributed by atoms with Crippen LogP contribution in [0.15, 0.2) is 59.5 Å². The summed E-state index contributed by atoms with van der Waals surface area (Å²) in [6.45, 7) is -1.23. The van der Waals surface area contributed by atoms with Crippen LogP contribution in [0.1, 0.15) is 10.5 Å². The summed E-state index contributed by atoms with van der Waals surface area (Å²) < 4.78 is 44.2. The summed E-state index contributed by atoms with van der Waals surface area (Å²) in [4.78, 5) is 20.7. The molecular weight excluding hydrogens is 439 g/mol. The molecule has 4 rings (SSSR count). The molecule has 4 aromatic rings. The van der Waals surface area contributed by atoms with Gasteiger partial charge in [-0.3, -0.25) is 9.48 Å². The lowest BCUT2D eigenvalue weighted by molar-refractivity contribution is -0.115. The number of nitrogens with one attached hydrogen (secondary N) is 2. The van der Waals surface area contributed by atoms with Gasteiger partial charge in [0.15, 0.2) is 5.69 Å². The van der Waals surface area contributed by atoms with Gasteiger partial charge < -0.3 is 20.8 Å². The van der Waals surface area contributed by atoms with Crippen molar-refractivity contribution in [3.8, 4) is 22.7 Å². The lowest BCUT2D eigenvalue weighted by Gasteiger charge is -2.08. The van der Waals surface area contributed by atoms with E-state index in [1.54, 1.807) is 36.1 Å². The molecule has 0 bridgehead atoms. The van der Waals surface area contributed by atoms with Crippen molar-refractivity contribution in [1.82, 2.24) is 19.7 Å². The van der Waals surface area contributed by atoms with E-state index in [2.05, 4.69) is 25.7 Å². The lowest BCUT2D eigenvalue weighted by atomic mass is 10.1. The average molecular weight is 457 g/mol. The van der Waals surface area contributed by atoms with E-state index in [9.17, 15) is 18.0 Å². The van der Waals surface area contributed by atoms with Gasteiger partial charge in [-0.05, 0) is 24.3 Å². The zero-order valence-corrected chi connectivity index (χ0v) is 17.2. The van der Waals surface area contributed by atoms with Crippen LogP contribution in [0.25, 0.3) is 22.7 Å². The highest BCUT2D eigenvalue weighted by molar-refractivity contribution is 6.04. The van der Waals surface area contributed by atoms with Gasteiger partial charge in [-0.1, -0.05) is 12.1 Å². The standard InChI is InChI=1S/C21H18F3N7O2/c1-31-9-15(18(30-31)12-3-2-4-14(25)7-12)28-19(32)16-10-33-20(29-16)13-5-6-26-17(8-13)27-11-21(22,23)24/h2-10H,11,25H2,1H3,(H,26,27)(H,28,32). The van der Waals surface area contributed by atoms with E-state index in [-0.39, 0.29) is 17.4 Å². The number of carbonyl (C=O) groups excluding carboxylic acids is 1. The van der Waals surface area contributed by atoms with Crippen LogP contribution in [0, 0.1) is 0 Å². The smallest absolute Gasteiger partial charge is 0.405 e. The number of halogens is 3. The Balaban J connectivity index is 1.52. The number of rotatable bonds is 6. The molecule has 0 atom stereocenters. The molecule has 9 nitrogen and oxygen atoms in total. The quantitative estimate of drug-likeness (QED) is 0.375. The first kappa shape index (κ1) is 21.9. The summed E-state index contributed by atoms with van der Waals surface area (Å²) in [5.74, 6) is -0.497. The molecule has 0 fully saturated rings. The number of benzene rings is 1. The molecule has 0 aliphatic heterocycles. The number of anilines is 3. The van der Waals surface area contributed by atoms with Gasteiger partial charge in [0.2, 0.25) is 5.89 Å². The molecule has 0 spiro atoms. The number of pyridine rings is 1. The van der Waals surface area contributed by atoms with Crippen LogP contribution in [0.2, 0.25) is 0 Å². The first-order valence-electron chi connectivity index (χ1n) is 9.61. The third-order valence-corrected chi connectivity index (χ3v) is 4.45. The van der Waals surface area contributed by atoms with Crippen molar-refractivity contribution in [2.45, 2.75) is 6.18 Å². The number of hydrogen-bond acceptors (Lipinski definition) is 7. The number of nitrogen functional groups attached to an aromatic ring is 1. The lowest BCUT2D eigenvalue weighted by Crippen LogP contribution is -2.21. The molecule has 0 aliphatic carbocycles. The second-order valence-electron chi connectivity index (χ2n) is 7.08. The number of aromatic nitrogens is 4. The number of nitrogens with zero attached hydrogens (tertiary/aromatic N) is 4. The fraction of sp³-hybridized carbons (Fsp3) is 0.143. The van der Waals surface area contributed by atoms with Crippen LogP contribution in [0.3, 0.4) is 0 Å². The first-order valence-corrected chi connectivity index (χ1v) is 9.61. The summed E-state index contributed by atoms with van der Waals surface area (Å²) in [6, 6.07) is 9.92. The molecule has 0 aliphatic rings. The van der Waals surface area contributed by atoms with Crippen molar-refractivity contribution < 1.29 is 22.4 Å². The number of amides is 1. The minimum absolute atomic E-state index is 0.00355. The molecule has 0 radical (unpaired) electrons. The number of oxazole rings is 1. The Morgan fingerprint density at radius 1 is 1.21 bits per heavy atom. The van der Waals surface area contributed by atoms with Crippen LogP contribution < -0.4 is 16.4 Å². The van der Waals surface area contributed by atoms with Crippen molar-refractivity contribution in [2.75, 3.05) is 22.9 Å². The van der Waals surface area contributed by atoms with Crippen LogP contribution in [-0.4, -0.2) is 38.4 Å². The molecule has 0 saturated heterocycles. The number of carbonyl (C=O) groups is 1. The molecule has 3 heterocycles. The summed E-state index contributed by atoms with van der Waals surface area (Å²) in [7, 11) is 1.72. The molecule has 1 amide bonds. The summed E-state index contributed by atoms with van der Waals surface area (Å²) in [5.41, 5.74) is 8.43. The van der Waals surface area contributed by atoms with Crippen molar-refractivity contribution in [2.24, 2.45) is 7.05 Å². The second-order valence-corrected chi connectivity index (χ2v) is 7.08. The first-order chi connectivity index (χ1) is 15.7. The molecule has 33 heavy (non-hydrogen) atoms. The largest absolute Gasteiger partial charge is 0.444 e. The average Bonchev–Trinajstić information content (AvgIpc) is 3.39. The normalized spacial score (nSPS) is 11.4. The third-order valence-electron chi connectivity index (χ3n) is 4.45. The highest BCUT2D eigenvalue weighted by Crippen LogP contribution is 2.28. The van der Waals surface area contributed by atoms with Crippen LogP contribution in [0.5, 0.6) is 0 Å². The molecule has 0 saturated carbocycles. The Bertz CT molecular complexity index is 1300. The number of alkyl halides is 3. The van der Waals surface area contributed by atoms with Gasteiger partial charge in [0.25, 0.3) is 5.91 Å². The van der Waals surface area contributed by atoms with Gasteiger partial charge in [-0.25, -0.2) is 9.97 Å². The van der Waals surface area contributed by atoms with Gasteiger partial charge in [-0.15, -0.1) is 0 Å². The van der Waals surface area contributed by atoms with Crippen molar-refractivity contribution in [1.29, 1.82) is 0 Å². The Kier molecular flexibility index (Phi) is 5.73. The third kappa shape index (κ3) is 5.29. The maximum absolute atomic E-state index is 12.8. The maximum Gasteiger partial charge on any atom is 0.405 e. The van der Waals surface area contributed by atoms with Crippen molar-refractivity contribution >= 4 is 23.1 Å². The van der Waals surface area contributed by atoms with Gasteiger partial charge in [-0.2, -0.15) is 18.3 Å². The Morgan fingerprint density at radius 3 is 2.79 bits per heavy atom. The monoisotopic (exact) mass is 457 g/mol. The summed E-state index contributed by atoms with van der Waals surface area (Å²) in [5, 5.41) is 9.30. The van der Waals surface area contributed by atoms with Crippen LogP contribution in [0.4, 0.5) is 30.4 Å². The Hall–Kier alpha value is -4.35. The fourth-order valence-corrected chi connectivity index (χ4v) is 3.03. The Labute approximate surface area is 185 Å². The zero-order valence-electron chi connectivity index (χ0n) is 17.2. The number of hydrogen-bond donors (Lipinski definition) is 3. The van der Waals surface area contributed by atoms with Crippen LogP contribution >= 0.6 is 0 Å². The number of nitrogens with two attached hydrogens (primary N) is 1. The van der Waals surface area contributed by atoms with Crippen molar-refractivity contribution in [3.63, 3.8) is 0 Å². The van der Waals surface area contributed by atoms with E-state index in [4.69, 9.17) is 10.2 Å². The van der Waals surface area contributed by atoms with Gasteiger partial charge in [0.1, 0.15) is 24.3 Å². The van der Waals surface area contributed by atoms with E-state index in [1.807, 2.05) is 6.07 Å². The summed E-state index contributed by atoms with van der Waals surface area (Å²) in [6.07, 6.45) is -0.280. The minimum Gasteiger partial charge on any atom is -0.444 e. The fourth-order valence-electron chi connectivity index (χ4n) is 3.03. The van der Waals surface area contributed by atoms with Gasteiger partial charge >= 0.3 is 6.18 Å². The molecular formula is C21H18F3N7O2. The topological polar surface area (TPSA) is 124 Å². The molecule has 170 valence electrons. The Morgan fingerprint density at radius 2 is 2.03 bits per heavy atom. The van der Waals surface area contributed by atoms with E-state index in [0.717, 1.165) is 11.8 Å².